The van der Waals surface area contributed by atoms with E-state index in [0.717, 1.165) is 0 Å². The summed E-state index contributed by atoms with van der Waals surface area (Å²) in [5.74, 6) is 2.41. The molecule has 21 heteroatoms. The number of hydrogen-bond donors (Lipinski definition) is 0. The number of benzene rings is 3. The first-order valence-corrected chi connectivity index (χ1v) is 19.7. The fourth-order valence-electron chi connectivity index (χ4n) is 6.29. The molecule has 12 nitrogen and oxygen atoms in total. The monoisotopic (exact) mass is 922 g/mol. The Labute approximate surface area is 359 Å². The van der Waals surface area contributed by atoms with Crippen molar-refractivity contribution < 1.29 is 4.92 Å². The molecule has 0 radical (unpaired) electrons. The fourth-order valence-corrected chi connectivity index (χ4v) is 9.22. The number of nitrogens with zero attached hydrogens (tertiary/aromatic N) is 10. The molecule has 0 fully saturated rings. The molecule has 0 unspecified atom stereocenters. The van der Waals surface area contributed by atoms with Gasteiger partial charge in [0.15, 0.2) is 0 Å². The number of aromatic nitrogens is 9. The number of rotatable bonds is 13. The first-order valence-electron chi connectivity index (χ1n) is 16.3. The number of aryl methyl sites for hydroxylation is 6. The highest BCUT2D eigenvalue weighted by Gasteiger charge is 2.43. The van der Waals surface area contributed by atoms with Crippen LogP contribution in [0.2, 0.25) is 45.2 Å². The van der Waals surface area contributed by atoms with E-state index in [4.69, 9.17) is 104 Å². The van der Waals surface area contributed by atoms with E-state index >= 15 is 0 Å². The van der Waals surface area contributed by atoms with Gasteiger partial charge in [-0.25, -0.2) is 29.0 Å². The highest BCUT2D eigenvalue weighted by molar-refractivity contribution is 6.42. The van der Waals surface area contributed by atoms with Crippen LogP contribution in [0.3, 0.4) is 0 Å². The standard InChI is InChI=1S/C34H27Cl9N10O2/c1-16-44-28(50(47-16)31-22(38)10-19(35)11-23(31)39)4-7-34(53(54)55,8-5-29-45-17(2)48-51(29)32-24(40)12-20(36)13-25(32)41)9-6-30-46-18(3)49-52(30)33-26(42)14-21(37)15-27(33)43/h10-15H,4-9H2,1-3H3. The largest absolute Gasteiger partial charge is 0.264 e. The maximum absolute atomic E-state index is 13.5. The van der Waals surface area contributed by atoms with Crippen molar-refractivity contribution >= 4 is 104 Å². The molecule has 0 atom stereocenters. The third-order valence-corrected chi connectivity index (χ3v) is 11.1. The minimum absolute atomic E-state index is 0.00782. The van der Waals surface area contributed by atoms with Crippen molar-refractivity contribution in [2.24, 2.45) is 0 Å². The smallest absolute Gasteiger partial charge is 0.223 e. The van der Waals surface area contributed by atoms with E-state index in [1.807, 2.05) is 0 Å². The maximum atomic E-state index is 13.5. The Morgan fingerprint density at radius 1 is 0.509 bits per heavy atom. The molecule has 0 N–H and O–H groups in total. The quantitative estimate of drug-likeness (QED) is 0.0825. The molecule has 3 heterocycles. The minimum atomic E-state index is -1.62. The van der Waals surface area contributed by atoms with Gasteiger partial charge in [-0.2, -0.15) is 15.3 Å². The molecule has 288 valence electrons. The van der Waals surface area contributed by atoms with Crippen molar-refractivity contribution in [2.75, 3.05) is 0 Å². The second-order valence-corrected chi connectivity index (χ2v) is 16.3. The SMILES string of the molecule is Cc1nc(CCC(CCc2nc(C)nn2-c2c(Cl)cc(Cl)cc2Cl)(CCc2nc(C)nn2-c2c(Cl)cc(Cl)cc2Cl)[N+](=O)[O-])n(-c2c(Cl)cc(Cl)cc2Cl)n1. The maximum Gasteiger partial charge on any atom is 0.223 e. The normalized spacial score (nSPS) is 11.9. The summed E-state index contributed by atoms with van der Waals surface area (Å²) in [6.45, 7) is 5.09. The first-order chi connectivity index (χ1) is 26.0. The Hall–Kier alpha value is -2.91. The average Bonchev–Trinajstić information content (AvgIpc) is 3.74. The molecule has 0 saturated carbocycles. The molecule has 3 aromatic carbocycles. The van der Waals surface area contributed by atoms with Crippen LogP contribution in [0, 0.1) is 30.9 Å². The summed E-state index contributed by atoms with van der Waals surface area (Å²) >= 11 is 58.0. The van der Waals surface area contributed by atoms with Crippen LogP contribution in [0.15, 0.2) is 36.4 Å². The lowest BCUT2D eigenvalue weighted by molar-refractivity contribution is -0.574. The van der Waals surface area contributed by atoms with Gasteiger partial charge in [0.2, 0.25) is 5.54 Å². The molecule has 0 bridgehead atoms. The Kier molecular flexibility index (Phi) is 12.8. The van der Waals surface area contributed by atoms with E-state index in [1.165, 1.54) is 50.4 Å². The molecular formula is C34H27Cl9N10O2. The van der Waals surface area contributed by atoms with Crippen molar-refractivity contribution in [3.63, 3.8) is 0 Å². The molecule has 3 aromatic heterocycles. The first kappa shape index (κ1) is 41.7. The second-order valence-electron chi connectivity index (χ2n) is 12.6. The summed E-state index contributed by atoms with van der Waals surface area (Å²) in [4.78, 5) is 27.0. The van der Waals surface area contributed by atoms with E-state index in [0.29, 0.717) is 67.1 Å². The summed E-state index contributed by atoms with van der Waals surface area (Å²) in [6.07, 6.45) is 0.263. The zero-order valence-electron chi connectivity index (χ0n) is 28.9. The average molecular weight is 927 g/mol. The van der Waals surface area contributed by atoms with Crippen molar-refractivity contribution in [1.29, 1.82) is 0 Å². The van der Waals surface area contributed by atoms with Gasteiger partial charge in [0.1, 0.15) is 52.0 Å². The second kappa shape index (κ2) is 16.9. The lowest BCUT2D eigenvalue weighted by Gasteiger charge is -2.26. The predicted octanol–water partition coefficient (Wildman–Crippen LogP) is 11.4. The molecule has 0 amide bonds. The van der Waals surface area contributed by atoms with Gasteiger partial charge < -0.3 is 0 Å². The zero-order chi connectivity index (χ0) is 39.9. The number of hydrogen-bond acceptors (Lipinski definition) is 8. The summed E-state index contributed by atoms with van der Waals surface area (Å²) in [5.41, 5.74) is -0.587. The molecule has 0 aliphatic carbocycles. The van der Waals surface area contributed by atoms with E-state index in [1.54, 1.807) is 20.8 Å². The third-order valence-electron chi connectivity index (χ3n) is 8.75. The van der Waals surface area contributed by atoms with Crippen LogP contribution in [0.4, 0.5) is 0 Å². The summed E-state index contributed by atoms with van der Waals surface area (Å²) in [6, 6.07) is 9.17. The van der Waals surface area contributed by atoms with Crippen LogP contribution in [0.1, 0.15) is 54.2 Å². The summed E-state index contributed by atoms with van der Waals surface area (Å²) in [5, 5.41) is 29.4. The number of halogens is 9. The van der Waals surface area contributed by atoms with Crippen LogP contribution >= 0.6 is 104 Å². The predicted molar refractivity (Wildman–Crippen MR) is 218 cm³/mol. The van der Waals surface area contributed by atoms with E-state index < -0.39 is 5.54 Å². The van der Waals surface area contributed by atoms with Gasteiger partial charge in [0, 0.05) is 58.5 Å². The van der Waals surface area contributed by atoms with Gasteiger partial charge in [0.05, 0.1) is 30.1 Å². The molecule has 6 aromatic rings. The molecule has 0 aliphatic rings. The molecule has 0 saturated heterocycles. The molecular weight excluding hydrogens is 900 g/mol. The fraction of sp³-hybridized carbons (Fsp3) is 0.294. The summed E-state index contributed by atoms with van der Waals surface area (Å²) < 4.78 is 4.45. The van der Waals surface area contributed by atoms with Gasteiger partial charge in [-0.05, 0) is 57.2 Å². The van der Waals surface area contributed by atoms with Crippen LogP contribution in [-0.2, 0) is 19.3 Å². The summed E-state index contributed by atoms with van der Waals surface area (Å²) in [7, 11) is 0. The molecule has 0 spiro atoms. The number of nitro groups is 1. The van der Waals surface area contributed by atoms with Crippen molar-refractivity contribution in [2.45, 2.75) is 64.8 Å². The van der Waals surface area contributed by atoms with E-state index in [9.17, 15) is 10.1 Å². The van der Waals surface area contributed by atoms with Crippen LogP contribution in [0.5, 0.6) is 0 Å². The topological polar surface area (TPSA) is 135 Å². The van der Waals surface area contributed by atoms with Crippen LogP contribution in [0.25, 0.3) is 17.1 Å². The van der Waals surface area contributed by atoms with Crippen LogP contribution in [-0.4, -0.2) is 54.8 Å². The molecule has 6 rings (SSSR count). The van der Waals surface area contributed by atoms with Crippen molar-refractivity contribution in [3.05, 3.63) is 127 Å². The highest BCUT2D eigenvalue weighted by atomic mass is 35.5. The van der Waals surface area contributed by atoms with Gasteiger partial charge in [-0.15, -0.1) is 0 Å². The molecule has 0 aliphatic heterocycles. The Bertz CT molecular complexity index is 2120. The van der Waals surface area contributed by atoms with Gasteiger partial charge in [-0.3, -0.25) is 10.1 Å². The highest BCUT2D eigenvalue weighted by Crippen LogP contribution is 2.37. The Morgan fingerprint density at radius 3 is 0.964 bits per heavy atom. The Morgan fingerprint density at radius 2 is 0.745 bits per heavy atom. The van der Waals surface area contributed by atoms with E-state index in [-0.39, 0.29) is 73.6 Å². The van der Waals surface area contributed by atoms with Gasteiger partial charge in [0.25, 0.3) is 0 Å². The minimum Gasteiger partial charge on any atom is -0.264 e. The van der Waals surface area contributed by atoms with Gasteiger partial charge >= 0.3 is 0 Å². The van der Waals surface area contributed by atoms with Crippen LogP contribution < -0.4 is 0 Å². The third kappa shape index (κ3) is 8.98. The Balaban J connectivity index is 1.40. The lowest BCUT2D eigenvalue weighted by atomic mass is 9.84. The zero-order valence-corrected chi connectivity index (χ0v) is 35.7. The lowest BCUT2D eigenvalue weighted by Crippen LogP contribution is -2.41. The van der Waals surface area contributed by atoms with Gasteiger partial charge in [-0.1, -0.05) is 104 Å². The van der Waals surface area contributed by atoms with E-state index in [2.05, 4.69) is 30.2 Å². The van der Waals surface area contributed by atoms with Crippen molar-refractivity contribution in [1.82, 2.24) is 44.3 Å². The van der Waals surface area contributed by atoms with Crippen molar-refractivity contribution in [3.8, 4) is 17.1 Å². The molecule has 55 heavy (non-hydrogen) atoms.